The highest BCUT2D eigenvalue weighted by Crippen LogP contribution is 2.25. The van der Waals surface area contributed by atoms with E-state index in [1.807, 2.05) is 13.8 Å². The molecule has 0 amide bonds. The van der Waals surface area contributed by atoms with E-state index in [0.717, 1.165) is 19.0 Å². The van der Waals surface area contributed by atoms with Gasteiger partial charge < -0.3 is 4.90 Å². The maximum absolute atomic E-state index is 14.2. The number of rotatable bonds is 10. The van der Waals surface area contributed by atoms with E-state index < -0.39 is 5.67 Å². The molecular weight excluding hydrogens is 213 g/mol. The second-order valence-electron chi connectivity index (χ2n) is 5.43. The third-order valence-corrected chi connectivity index (χ3v) is 4.05. The van der Waals surface area contributed by atoms with Crippen molar-refractivity contribution in [1.29, 1.82) is 0 Å². The zero-order valence-electron chi connectivity index (χ0n) is 12.6. The number of halogens is 1. The molecule has 1 nitrogen and oxygen atoms in total. The lowest BCUT2D eigenvalue weighted by Crippen LogP contribution is -2.32. The van der Waals surface area contributed by atoms with Gasteiger partial charge in [0.2, 0.25) is 0 Å². The zero-order valence-corrected chi connectivity index (χ0v) is 12.6. The highest BCUT2D eigenvalue weighted by atomic mass is 19.1. The molecule has 0 aliphatic heterocycles. The molecule has 0 aromatic rings. The first-order valence-electron chi connectivity index (χ1n) is 7.38. The molecule has 104 valence electrons. The fourth-order valence-corrected chi connectivity index (χ4v) is 2.36. The second-order valence-corrected chi connectivity index (χ2v) is 5.43. The van der Waals surface area contributed by atoms with Crippen LogP contribution in [0.5, 0.6) is 0 Å². The van der Waals surface area contributed by atoms with Crippen LogP contribution in [0.4, 0.5) is 4.39 Å². The Bertz CT molecular complexity index is 178. The number of alkyl halides is 1. The summed E-state index contributed by atoms with van der Waals surface area (Å²) >= 11 is 0. The van der Waals surface area contributed by atoms with E-state index in [-0.39, 0.29) is 0 Å². The molecule has 0 bridgehead atoms. The SMILES string of the molecule is CCCC(CC)CN(C)CCC(F)(CC)CC. The monoisotopic (exact) mass is 245 g/mol. The minimum Gasteiger partial charge on any atom is -0.306 e. The van der Waals surface area contributed by atoms with Crippen LogP contribution in [0, 0.1) is 5.92 Å². The summed E-state index contributed by atoms with van der Waals surface area (Å²) in [5.41, 5.74) is -0.944. The molecule has 0 aliphatic carbocycles. The Kier molecular flexibility index (Phi) is 8.85. The topological polar surface area (TPSA) is 3.24 Å². The minimum absolute atomic E-state index is 0.642. The van der Waals surface area contributed by atoms with Gasteiger partial charge >= 0.3 is 0 Å². The molecule has 0 fully saturated rings. The quantitative estimate of drug-likeness (QED) is 0.541. The molecule has 17 heavy (non-hydrogen) atoms. The lowest BCUT2D eigenvalue weighted by atomic mass is 9.95. The highest BCUT2D eigenvalue weighted by molar-refractivity contribution is 4.77. The fourth-order valence-electron chi connectivity index (χ4n) is 2.36. The number of hydrogen-bond donors (Lipinski definition) is 0. The third kappa shape index (κ3) is 7.03. The largest absolute Gasteiger partial charge is 0.306 e. The lowest BCUT2D eigenvalue weighted by molar-refractivity contribution is 0.115. The molecule has 0 saturated carbocycles. The van der Waals surface area contributed by atoms with E-state index in [1.54, 1.807) is 0 Å². The molecular formula is C15H32FN. The van der Waals surface area contributed by atoms with E-state index >= 15 is 0 Å². The van der Waals surface area contributed by atoms with Gasteiger partial charge in [0, 0.05) is 13.1 Å². The Morgan fingerprint density at radius 3 is 2.12 bits per heavy atom. The van der Waals surface area contributed by atoms with E-state index in [0.29, 0.717) is 19.3 Å². The molecule has 0 aromatic carbocycles. The Hall–Kier alpha value is -0.110. The van der Waals surface area contributed by atoms with Gasteiger partial charge in [-0.3, -0.25) is 0 Å². The molecule has 0 saturated heterocycles. The van der Waals surface area contributed by atoms with Gasteiger partial charge in [0.15, 0.2) is 0 Å². The molecule has 0 aliphatic rings. The molecule has 0 spiro atoms. The predicted molar refractivity (Wildman–Crippen MR) is 75.2 cm³/mol. The molecule has 0 heterocycles. The Morgan fingerprint density at radius 1 is 1.12 bits per heavy atom. The smallest absolute Gasteiger partial charge is 0.111 e. The third-order valence-electron chi connectivity index (χ3n) is 4.05. The van der Waals surface area contributed by atoms with Crippen molar-refractivity contribution in [2.45, 2.75) is 71.9 Å². The van der Waals surface area contributed by atoms with Gasteiger partial charge in [-0.2, -0.15) is 0 Å². The van der Waals surface area contributed by atoms with Gasteiger partial charge in [0.25, 0.3) is 0 Å². The molecule has 0 radical (unpaired) electrons. The second kappa shape index (κ2) is 8.91. The highest BCUT2D eigenvalue weighted by Gasteiger charge is 2.25. The van der Waals surface area contributed by atoms with Crippen molar-refractivity contribution < 1.29 is 4.39 Å². The standard InChI is InChI=1S/C15H32FN/c1-6-10-14(7-2)13-17(5)12-11-15(16,8-3)9-4/h14H,6-13H2,1-5H3. The van der Waals surface area contributed by atoms with E-state index in [9.17, 15) is 4.39 Å². The number of hydrogen-bond acceptors (Lipinski definition) is 1. The van der Waals surface area contributed by atoms with Crippen LogP contribution in [0.25, 0.3) is 0 Å². The summed E-state index contributed by atoms with van der Waals surface area (Å²) in [5, 5.41) is 0. The summed E-state index contributed by atoms with van der Waals surface area (Å²) in [6.45, 7) is 10.4. The summed E-state index contributed by atoms with van der Waals surface area (Å²) in [4.78, 5) is 2.31. The average Bonchev–Trinajstić information content (AvgIpc) is 2.35. The summed E-state index contributed by atoms with van der Waals surface area (Å²) in [7, 11) is 2.13. The Labute approximate surface area is 108 Å². The van der Waals surface area contributed by atoms with Gasteiger partial charge in [0.1, 0.15) is 5.67 Å². The molecule has 0 aromatic heterocycles. The Morgan fingerprint density at radius 2 is 1.71 bits per heavy atom. The van der Waals surface area contributed by atoms with E-state index in [2.05, 4.69) is 25.8 Å². The van der Waals surface area contributed by atoms with Gasteiger partial charge in [0.05, 0.1) is 0 Å². The minimum atomic E-state index is -0.944. The van der Waals surface area contributed by atoms with Crippen LogP contribution in [-0.4, -0.2) is 30.7 Å². The first-order chi connectivity index (χ1) is 8.01. The summed E-state index contributed by atoms with van der Waals surface area (Å²) in [5.74, 6) is 0.780. The van der Waals surface area contributed by atoms with Gasteiger partial charge in [-0.1, -0.05) is 40.5 Å². The van der Waals surface area contributed by atoms with Gasteiger partial charge in [-0.25, -0.2) is 4.39 Å². The maximum atomic E-state index is 14.2. The van der Waals surface area contributed by atoms with Crippen molar-refractivity contribution in [2.75, 3.05) is 20.1 Å². The maximum Gasteiger partial charge on any atom is 0.111 e. The molecule has 1 atom stereocenters. The summed E-state index contributed by atoms with van der Waals surface area (Å²) in [6.07, 6.45) is 5.75. The van der Waals surface area contributed by atoms with Crippen molar-refractivity contribution in [1.82, 2.24) is 4.90 Å². The van der Waals surface area contributed by atoms with Crippen molar-refractivity contribution >= 4 is 0 Å². The number of nitrogens with zero attached hydrogens (tertiary/aromatic N) is 1. The molecule has 0 N–H and O–H groups in total. The van der Waals surface area contributed by atoms with Gasteiger partial charge in [-0.05, 0) is 38.6 Å². The molecule has 0 rings (SSSR count). The van der Waals surface area contributed by atoms with E-state index in [1.165, 1.54) is 19.3 Å². The van der Waals surface area contributed by atoms with Gasteiger partial charge in [-0.15, -0.1) is 0 Å². The van der Waals surface area contributed by atoms with E-state index in [4.69, 9.17) is 0 Å². The van der Waals surface area contributed by atoms with Crippen LogP contribution < -0.4 is 0 Å². The lowest BCUT2D eigenvalue weighted by Gasteiger charge is -2.27. The average molecular weight is 245 g/mol. The molecule has 2 heteroatoms. The van der Waals surface area contributed by atoms with Crippen molar-refractivity contribution in [3.63, 3.8) is 0 Å². The van der Waals surface area contributed by atoms with Crippen molar-refractivity contribution in [2.24, 2.45) is 5.92 Å². The fraction of sp³-hybridized carbons (Fsp3) is 1.00. The Balaban J connectivity index is 3.96. The van der Waals surface area contributed by atoms with Crippen molar-refractivity contribution in [3.05, 3.63) is 0 Å². The zero-order chi connectivity index (χ0) is 13.3. The van der Waals surface area contributed by atoms with Crippen LogP contribution in [0.1, 0.15) is 66.2 Å². The first-order valence-corrected chi connectivity index (χ1v) is 7.38. The van der Waals surface area contributed by atoms with Crippen LogP contribution >= 0.6 is 0 Å². The van der Waals surface area contributed by atoms with Crippen LogP contribution in [0.2, 0.25) is 0 Å². The van der Waals surface area contributed by atoms with Crippen molar-refractivity contribution in [3.8, 4) is 0 Å². The summed E-state index contributed by atoms with van der Waals surface area (Å²) in [6, 6.07) is 0. The molecule has 1 unspecified atom stereocenters. The predicted octanol–water partition coefficient (Wildman–Crippen LogP) is 4.66. The summed E-state index contributed by atoms with van der Waals surface area (Å²) < 4.78 is 14.2. The normalized spacial score (nSPS) is 14.3. The first kappa shape index (κ1) is 16.9. The van der Waals surface area contributed by atoms with Crippen LogP contribution in [-0.2, 0) is 0 Å². The van der Waals surface area contributed by atoms with Crippen LogP contribution in [0.15, 0.2) is 0 Å². The van der Waals surface area contributed by atoms with Crippen LogP contribution in [0.3, 0.4) is 0 Å².